The van der Waals surface area contributed by atoms with Crippen molar-refractivity contribution in [3.05, 3.63) is 62.4 Å². The Kier molecular flexibility index (Phi) is 4.18. The van der Waals surface area contributed by atoms with E-state index < -0.39 is 16.6 Å². The first kappa shape index (κ1) is 14.9. The van der Waals surface area contributed by atoms with Crippen LogP contribution < -0.4 is 5.32 Å². The number of rotatable bonds is 3. The van der Waals surface area contributed by atoms with Gasteiger partial charge in [-0.1, -0.05) is 0 Å². The molecular formula is C13H8BrFN2O4. The van der Waals surface area contributed by atoms with E-state index in [1.54, 1.807) is 0 Å². The third kappa shape index (κ3) is 3.34. The highest BCUT2D eigenvalue weighted by molar-refractivity contribution is 9.10. The Morgan fingerprint density at radius 2 is 2.00 bits per heavy atom. The van der Waals surface area contributed by atoms with E-state index in [-0.39, 0.29) is 22.7 Å². The SMILES string of the molecule is O=C(Nc1ccc([N+](=O)[O-])cc1Br)c1cc(F)ccc1O. The van der Waals surface area contributed by atoms with Gasteiger partial charge in [0, 0.05) is 16.6 Å². The van der Waals surface area contributed by atoms with Crippen LogP contribution in [0.3, 0.4) is 0 Å². The van der Waals surface area contributed by atoms with Crippen LogP contribution in [0.15, 0.2) is 40.9 Å². The third-order valence-electron chi connectivity index (χ3n) is 2.61. The molecule has 0 radical (unpaired) electrons. The van der Waals surface area contributed by atoms with Gasteiger partial charge in [0.2, 0.25) is 0 Å². The van der Waals surface area contributed by atoms with Gasteiger partial charge in [0.1, 0.15) is 11.6 Å². The summed E-state index contributed by atoms with van der Waals surface area (Å²) >= 11 is 3.09. The molecule has 0 aliphatic carbocycles. The summed E-state index contributed by atoms with van der Waals surface area (Å²) in [6.45, 7) is 0. The number of benzene rings is 2. The molecule has 2 aromatic rings. The molecule has 0 aliphatic heterocycles. The van der Waals surface area contributed by atoms with Crippen molar-refractivity contribution in [2.75, 3.05) is 5.32 Å². The molecule has 0 spiro atoms. The highest BCUT2D eigenvalue weighted by Gasteiger charge is 2.15. The fraction of sp³-hybridized carbons (Fsp3) is 0. The maximum atomic E-state index is 13.1. The Bertz CT molecular complexity index is 736. The van der Waals surface area contributed by atoms with Crippen molar-refractivity contribution in [2.45, 2.75) is 0 Å². The van der Waals surface area contributed by atoms with Crippen molar-refractivity contribution >= 4 is 33.2 Å². The number of phenols is 1. The molecular weight excluding hydrogens is 347 g/mol. The number of nitro groups is 1. The highest BCUT2D eigenvalue weighted by atomic mass is 79.9. The Morgan fingerprint density at radius 1 is 1.29 bits per heavy atom. The maximum absolute atomic E-state index is 13.1. The molecule has 0 aromatic heterocycles. The lowest BCUT2D eigenvalue weighted by molar-refractivity contribution is -0.384. The van der Waals surface area contributed by atoms with Gasteiger partial charge in [0.05, 0.1) is 16.2 Å². The molecule has 0 fully saturated rings. The molecule has 1 amide bonds. The zero-order chi connectivity index (χ0) is 15.6. The predicted octanol–water partition coefficient (Wildman–Crippen LogP) is 3.45. The molecule has 2 N–H and O–H groups in total. The minimum Gasteiger partial charge on any atom is -0.507 e. The minimum absolute atomic E-state index is 0.145. The number of nitrogens with one attached hydrogen (secondary N) is 1. The summed E-state index contributed by atoms with van der Waals surface area (Å²) in [5, 5.41) is 22.6. The third-order valence-corrected chi connectivity index (χ3v) is 3.27. The number of carbonyl (C=O) groups excluding carboxylic acids is 1. The number of anilines is 1. The van der Waals surface area contributed by atoms with Crippen LogP contribution in [0.2, 0.25) is 0 Å². The number of nitro benzene ring substituents is 1. The van der Waals surface area contributed by atoms with Crippen LogP contribution in [0.5, 0.6) is 5.75 Å². The van der Waals surface area contributed by atoms with Gasteiger partial charge < -0.3 is 10.4 Å². The topological polar surface area (TPSA) is 92.5 Å². The zero-order valence-electron chi connectivity index (χ0n) is 10.3. The van der Waals surface area contributed by atoms with Gasteiger partial charge in [-0.3, -0.25) is 14.9 Å². The van der Waals surface area contributed by atoms with Crippen molar-refractivity contribution in [2.24, 2.45) is 0 Å². The largest absolute Gasteiger partial charge is 0.507 e. The number of hydrogen-bond acceptors (Lipinski definition) is 4. The lowest BCUT2D eigenvalue weighted by Crippen LogP contribution is -2.12. The number of amides is 1. The fourth-order valence-electron chi connectivity index (χ4n) is 1.60. The van der Waals surface area contributed by atoms with E-state index in [1.807, 2.05) is 0 Å². The molecule has 0 unspecified atom stereocenters. The van der Waals surface area contributed by atoms with Gasteiger partial charge in [0.25, 0.3) is 11.6 Å². The summed E-state index contributed by atoms with van der Waals surface area (Å²) in [5.74, 6) is -1.77. The van der Waals surface area contributed by atoms with Gasteiger partial charge in [-0.15, -0.1) is 0 Å². The molecule has 0 bridgehead atoms. The summed E-state index contributed by atoms with van der Waals surface area (Å²) < 4.78 is 13.4. The molecule has 6 nitrogen and oxygen atoms in total. The zero-order valence-corrected chi connectivity index (χ0v) is 11.9. The standard InChI is InChI=1S/C13H8BrFN2O4/c14-10-6-8(17(20)21)2-3-11(10)16-13(19)9-5-7(15)1-4-12(9)18/h1-6,18H,(H,16,19). The number of carbonyl (C=O) groups is 1. The van der Waals surface area contributed by atoms with Gasteiger partial charge in [-0.05, 0) is 40.2 Å². The van der Waals surface area contributed by atoms with E-state index in [0.29, 0.717) is 4.47 Å². The fourth-order valence-corrected chi connectivity index (χ4v) is 2.06. The summed E-state index contributed by atoms with van der Waals surface area (Å²) in [5.41, 5.74) is -0.122. The lowest BCUT2D eigenvalue weighted by Gasteiger charge is -2.08. The van der Waals surface area contributed by atoms with Crippen LogP contribution >= 0.6 is 15.9 Å². The van der Waals surface area contributed by atoms with Gasteiger partial charge >= 0.3 is 0 Å². The van der Waals surface area contributed by atoms with Crippen LogP contribution in [0.1, 0.15) is 10.4 Å². The average molecular weight is 355 g/mol. The minimum atomic E-state index is -0.735. The first-order valence-corrected chi connectivity index (χ1v) is 6.41. The van der Waals surface area contributed by atoms with E-state index >= 15 is 0 Å². The van der Waals surface area contributed by atoms with E-state index in [2.05, 4.69) is 21.2 Å². The predicted molar refractivity (Wildman–Crippen MR) is 76.8 cm³/mol. The van der Waals surface area contributed by atoms with E-state index in [9.17, 15) is 24.4 Å². The molecule has 8 heteroatoms. The van der Waals surface area contributed by atoms with Crippen LogP contribution in [-0.2, 0) is 0 Å². The number of nitrogens with zero attached hydrogens (tertiary/aromatic N) is 1. The molecule has 0 saturated carbocycles. The molecule has 0 aliphatic rings. The van der Waals surface area contributed by atoms with Gasteiger partial charge in [-0.2, -0.15) is 0 Å². The van der Waals surface area contributed by atoms with Crippen molar-refractivity contribution in [1.82, 2.24) is 0 Å². The second-order valence-electron chi connectivity index (χ2n) is 4.04. The molecule has 2 aromatic carbocycles. The molecule has 2 rings (SSSR count). The average Bonchev–Trinajstić information content (AvgIpc) is 2.43. The Balaban J connectivity index is 2.27. The first-order valence-electron chi connectivity index (χ1n) is 5.62. The highest BCUT2D eigenvalue weighted by Crippen LogP contribution is 2.28. The van der Waals surface area contributed by atoms with E-state index in [4.69, 9.17) is 0 Å². The monoisotopic (exact) mass is 354 g/mol. The normalized spacial score (nSPS) is 10.2. The molecule has 0 saturated heterocycles. The van der Waals surface area contributed by atoms with Crippen LogP contribution in [-0.4, -0.2) is 15.9 Å². The number of halogens is 2. The quantitative estimate of drug-likeness (QED) is 0.652. The molecule has 0 heterocycles. The van der Waals surface area contributed by atoms with Gasteiger partial charge in [0.15, 0.2) is 0 Å². The number of hydrogen-bond donors (Lipinski definition) is 2. The van der Waals surface area contributed by atoms with Crippen molar-refractivity contribution < 1.29 is 19.2 Å². The second kappa shape index (κ2) is 5.88. The van der Waals surface area contributed by atoms with Crippen LogP contribution in [0.4, 0.5) is 15.8 Å². The lowest BCUT2D eigenvalue weighted by atomic mass is 10.1. The van der Waals surface area contributed by atoms with E-state index in [0.717, 1.165) is 18.2 Å². The Morgan fingerprint density at radius 3 is 2.62 bits per heavy atom. The van der Waals surface area contributed by atoms with E-state index in [1.165, 1.54) is 18.2 Å². The first-order chi connectivity index (χ1) is 9.88. The smallest absolute Gasteiger partial charge is 0.270 e. The number of non-ortho nitro benzene ring substituents is 1. The van der Waals surface area contributed by atoms with Crippen molar-refractivity contribution in [3.63, 3.8) is 0 Å². The van der Waals surface area contributed by atoms with Crippen molar-refractivity contribution in [1.29, 1.82) is 0 Å². The van der Waals surface area contributed by atoms with Crippen molar-refractivity contribution in [3.8, 4) is 5.75 Å². The molecule has 21 heavy (non-hydrogen) atoms. The number of aromatic hydroxyl groups is 1. The maximum Gasteiger partial charge on any atom is 0.270 e. The molecule has 0 atom stereocenters. The van der Waals surface area contributed by atoms with Crippen LogP contribution in [0.25, 0.3) is 0 Å². The summed E-state index contributed by atoms with van der Waals surface area (Å²) in [4.78, 5) is 22.0. The Hall–Kier alpha value is -2.48. The van der Waals surface area contributed by atoms with Crippen LogP contribution in [0, 0.1) is 15.9 Å². The Labute approximate surface area is 126 Å². The summed E-state index contributed by atoms with van der Waals surface area (Å²) in [6, 6.07) is 6.75. The summed E-state index contributed by atoms with van der Waals surface area (Å²) in [7, 11) is 0. The second-order valence-corrected chi connectivity index (χ2v) is 4.89. The van der Waals surface area contributed by atoms with Gasteiger partial charge in [-0.25, -0.2) is 4.39 Å². The number of phenolic OH excluding ortho intramolecular Hbond substituents is 1. The summed E-state index contributed by atoms with van der Waals surface area (Å²) in [6.07, 6.45) is 0. The molecule has 108 valence electrons.